The fraction of sp³-hybridized carbons (Fsp3) is 0.263. The number of hydrogen-bond acceptors (Lipinski definition) is 6. The van der Waals surface area contributed by atoms with Gasteiger partial charge in [0.15, 0.2) is 0 Å². The predicted molar refractivity (Wildman–Crippen MR) is 104 cm³/mol. The van der Waals surface area contributed by atoms with Crippen LogP contribution < -0.4 is 20.1 Å². The summed E-state index contributed by atoms with van der Waals surface area (Å²) in [7, 11) is 2.95. The first kappa shape index (κ1) is 20.4. The Labute approximate surface area is 162 Å². The second-order valence-corrected chi connectivity index (χ2v) is 5.76. The summed E-state index contributed by atoms with van der Waals surface area (Å²) in [5, 5.41) is 6.03. The number of ether oxygens (including phenoxy) is 3. The minimum absolute atomic E-state index is 0.0650. The first-order valence-corrected chi connectivity index (χ1v) is 8.59. The Balaban J connectivity index is 2.09. The van der Waals surface area contributed by atoms with Crippen LogP contribution in [0.5, 0.6) is 11.5 Å². The molecule has 0 radical (unpaired) electrons. The van der Waals surface area contributed by atoms with E-state index in [1.807, 2.05) is 0 Å². The van der Waals surface area contributed by atoms with Gasteiger partial charge in [-0.25, -0.2) is 4.79 Å². The van der Waals surface area contributed by atoms with Gasteiger partial charge < -0.3 is 24.8 Å². The highest BCUT2D eigenvalue weighted by molar-refractivity contribution is 6.32. The maximum absolute atomic E-state index is 12.3. The summed E-state index contributed by atoms with van der Waals surface area (Å²) >= 11 is 6.06. The molecule has 1 amide bonds. The van der Waals surface area contributed by atoms with E-state index in [0.717, 1.165) is 0 Å². The number of nitrogens with one attached hydrogen (secondary N) is 2. The minimum atomic E-state index is -0.454. The Hall–Kier alpha value is -2.93. The lowest BCUT2D eigenvalue weighted by Gasteiger charge is -2.14. The van der Waals surface area contributed by atoms with E-state index in [9.17, 15) is 9.59 Å². The van der Waals surface area contributed by atoms with E-state index in [4.69, 9.17) is 25.8 Å². The zero-order valence-corrected chi connectivity index (χ0v) is 16.1. The lowest BCUT2D eigenvalue weighted by atomic mass is 10.2. The van der Waals surface area contributed by atoms with E-state index >= 15 is 0 Å². The third-order valence-corrected chi connectivity index (χ3v) is 3.91. The molecule has 144 valence electrons. The molecule has 0 aliphatic rings. The number of carbonyl (C=O) groups excluding carboxylic acids is 2. The second kappa shape index (κ2) is 9.68. The van der Waals surface area contributed by atoms with Gasteiger partial charge in [-0.15, -0.1) is 0 Å². The molecule has 0 aliphatic heterocycles. The summed E-state index contributed by atoms with van der Waals surface area (Å²) in [6.45, 7) is 1.94. The summed E-state index contributed by atoms with van der Waals surface area (Å²) < 4.78 is 15.4. The van der Waals surface area contributed by atoms with Gasteiger partial charge in [0, 0.05) is 17.8 Å². The molecule has 8 heteroatoms. The molecule has 2 rings (SSSR count). The first-order valence-electron chi connectivity index (χ1n) is 8.21. The maximum atomic E-state index is 12.3. The summed E-state index contributed by atoms with van der Waals surface area (Å²) in [5.74, 6) is 0.0240. The normalized spacial score (nSPS) is 10.1. The molecule has 0 heterocycles. The van der Waals surface area contributed by atoms with Crippen LogP contribution in [0.1, 0.15) is 17.3 Å². The van der Waals surface area contributed by atoms with Crippen molar-refractivity contribution in [3.63, 3.8) is 0 Å². The van der Waals surface area contributed by atoms with Crippen molar-refractivity contribution in [2.75, 3.05) is 38.0 Å². The van der Waals surface area contributed by atoms with Gasteiger partial charge in [-0.2, -0.15) is 0 Å². The summed E-state index contributed by atoms with van der Waals surface area (Å²) in [6.07, 6.45) is 0. The van der Waals surface area contributed by atoms with E-state index in [2.05, 4.69) is 10.6 Å². The Morgan fingerprint density at radius 3 is 2.41 bits per heavy atom. The van der Waals surface area contributed by atoms with Crippen molar-refractivity contribution in [3.8, 4) is 11.5 Å². The smallest absolute Gasteiger partial charge is 0.340 e. The van der Waals surface area contributed by atoms with Crippen LogP contribution in [-0.2, 0) is 9.53 Å². The fourth-order valence-corrected chi connectivity index (χ4v) is 2.58. The third kappa shape index (κ3) is 5.27. The van der Waals surface area contributed by atoms with Gasteiger partial charge in [0.2, 0.25) is 5.91 Å². The Kier molecular flexibility index (Phi) is 7.31. The van der Waals surface area contributed by atoms with Crippen LogP contribution in [-0.4, -0.2) is 39.2 Å². The number of esters is 1. The van der Waals surface area contributed by atoms with Crippen molar-refractivity contribution in [1.29, 1.82) is 0 Å². The van der Waals surface area contributed by atoms with Crippen molar-refractivity contribution in [2.24, 2.45) is 0 Å². The molecule has 0 bridgehead atoms. The van der Waals surface area contributed by atoms with Gasteiger partial charge in [0.25, 0.3) is 0 Å². The number of halogens is 1. The molecule has 2 aromatic rings. The van der Waals surface area contributed by atoms with Crippen LogP contribution >= 0.6 is 11.6 Å². The molecule has 0 aromatic heterocycles. The average molecular weight is 393 g/mol. The SMILES string of the molecule is CCOC(=O)c1ccccc1NCC(=O)Nc1cc(OC)c(Cl)cc1OC. The number of anilines is 2. The molecule has 0 spiro atoms. The summed E-state index contributed by atoms with van der Waals surface area (Å²) in [5.41, 5.74) is 1.29. The number of methoxy groups -OCH3 is 2. The van der Waals surface area contributed by atoms with Crippen molar-refractivity contribution in [2.45, 2.75) is 6.92 Å². The quantitative estimate of drug-likeness (QED) is 0.668. The molecule has 2 N–H and O–H groups in total. The van der Waals surface area contributed by atoms with Gasteiger partial charge in [-0.1, -0.05) is 23.7 Å². The molecule has 0 atom stereocenters. The van der Waals surface area contributed by atoms with E-state index in [-0.39, 0.29) is 19.1 Å². The minimum Gasteiger partial charge on any atom is -0.495 e. The van der Waals surface area contributed by atoms with Crippen LogP contribution in [0.2, 0.25) is 5.02 Å². The summed E-state index contributed by atoms with van der Waals surface area (Å²) in [6, 6.07) is 9.94. The molecule has 0 aliphatic carbocycles. The van der Waals surface area contributed by atoms with Crippen LogP contribution in [0.3, 0.4) is 0 Å². The molecule has 2 aromatic carbocycles. The first-order chi connectivity index (χ1) is 13.0. The zero-order valence-electron chi connectivity index (χ0n) is 15.3. The number of hydrogen-bond donors (Lipinski definition) is 2. The standard InChI is InChI=1S/C19H21ClN2O5/c1-4-27-19(24)12-7-5-6-8-14(12)21-11-18(23)22-15-10-16(25-2)13(20)9-17(15)26-3/h5-10,21H,4,11H2,1-3H3,(H,22,23). The van der Waals surface area contributed by atoms with Gasteiger partial charge >= 0.3 is 5.97 Å². The van der Waals surface area contributed by atoms with E-state index in [1.165, 1.54) is 14.2 Å². The molecule has 0 fully saturated rings. The van der Waals surface area contributed by atoms with Gasteiger partial charge in [-0.3, -0.25) is 4.79 Å². The maximum Gasteiger partial charge on any atom is 0.340 e. The third-order valence-electron chi connectivity index (χ3n) is 3.61. The molecular weight excluding hydrogens is 372 g/mol. The average Bonchev–Trinajstić information content (AvgIpc) is 2.67. The van der Waals surface area contributed by atoms with E-state index in [1.54, 1.807) is 43.3 Å². The zero-order chi connectivity index (χ0) is 19.8. The van der Waals surface area contributed by atoms with E-state index in [0.29, 0.717) is 33.5 Å². The highest BCUT2D eigenvalue weighted by Crippen LogP contribution is 2.35. The highest BCUT2D eigenvalue weighted by Gasteiger charge is 2.15. The van der Waals surface area contributed by atoms with Crippen LogP contribution in [0.4, 0.5) is 11.4 Å². The number of rotatable bonds is 8. The van der Waals surface area contributed by atoms with Crippen molar-refractivity contribution in [1.82, 2.24) is 0 Å². The van der Waals surface area contributed by atoms with E-state index < -0.39 is 5.97 Å². The lowest BCUT2D eigenvalue weighted by Crippen LogP contribution is -2.23. The number of carbonyl (C=O) groups is 2. The number of benzene rings is 2. The predicted octanol–water partition coefficient (Wildman–Crippen LogP) is 3.58. The molecule has 27 heavy (non-hydrogen) atoms. The van der Waals surface area contributed by atoms with Crippen LogP contribution in [0, 0.1) is 0 Å². The highest BCUT2D eigenvalue weighted by atomic mass is 35.5. The molecule has 0 unspecified atom stereocenters. The number of para-hydroxylation sites is 1. The number of amides is 1. The molecule has 0 saturated carbocycles. The largest absolute Gasteiger partial charge is 0.495 e. The Morgan fingerprint density at radius 2 is 1.74 bits per heavy atom. The monoisotopic (exact) mass is 392 g/mol. The van der Waals surface area contributed by atoms with Crippen molar-refractivity contribution < 1.29 is 23.8 Å². The van der Waals surface area contributed by atoms with Gasteiger partial charge in [-0.05, 0) is 19.1 Å². The Bertz CT molecular complexity index is 826. The topological polar surface area (TPSA) is 85.9 Å². The Morgan fingerprint density at radius 1 is 1.04 bits per heavy atom. The second-order valence-electron chi connectivity index (χ2n) is 5.35. The van der Waals surface area contributed by atoms with Crippen LogP contribution in [0.15, 0.2) is 36.4 Å². The van der Waals surface area contributed by atoms with Crippen LogP contribution in [0.25, 0.3) is 0 Å². The molecule has 7 nitrogen and oxygen atoms in total. The lowest BCUT2D eigenvalue weighted by molar-refractivity contribution is -0.114. The fourth-order valence-electron chi connectivity index (χ4n) is 2.35. The molecule has 0 saturated heterocycles. The van der Waals surface area contributed by atoms with Crippen molar-refractivity contribution in [3.05, 3.63) is 47.0 Å². The molecular formula is C19H21ClN2O5. The summed E-state index contributed by atoms with van der Waals surface area (Å²) in [4.78, 5) is 24.3. The van der Waals surface area contributed by atoms with Gasteiger partial charge in [0.05, 0.1) is 43.6 Å². The van der Waals surface area contributed by atoms with Gasteiger partial charge in [0.1, 0.15) is 11.5 Å². The van der Waals surface area contributed by atoms with Crippen molar-refractivity contribution >= 4 is 34.9 Å².